The van der Waals surface area contributed by atoms with Crippen molar-refractivity contribution in [2.75, 3.05) is 40.2 Å². The first-order valence-electron chi connectivity index (χ1n) is 11.2. The molecule has 2 heterocycles. The Kier molecular flexibility index (Phi) is 8.05. The number of hydrogen-bond acceptors (Lipinski definition) is 3. The molecule has 0 N–H and O–H groups in total. The van der Waals surface area contributed by atoms with Crippen molar-refractivity contribution in [1.82, 2.24) is 0 Å². The van der Waals surface area contributed by atoms with Crippen molar-refractivity contribution in [1.29, 1.82) is 0 Å². The maximum atomic E-state index is 13.4. The smallest absolute Gasteiger partial charge is 0.416 e. The normalized spacial score (nSPS) is 32.6. The van der Waals surface area contributed by atoms with Crippen molar-refractivity contribution in [3.05, 3.63) is 34.9 Å². The van der Waals surface area contributed by atoms with E-state index in [4.69, 9.17) is 14.2 Å². The lowest BCUT2D eigenvalue weighted by molar-refractivity contribution is -0.966. The second-order valence-corrected chi connectivity index (χ2v) is 9.74. The predicted octanol–water partition coefficient (Wildman–Crippen LogP) is 2.25. The van der Waals surface area contributed by atoms with Gasteiger partial charge in [0.1, 0.15) is 31.5 Å². The van der Waals surface area contributed by atoms with Gasteiger partial charge in [-0.15, -0.1) is 0 Å². The maximum absolute atomic E-state index is 13.4. The van der Waals surface area contributed by atoms with Gasteiger partial charge in [0.15, 0.2) is 0 Å². The molecule has 1 aromatic carbocycles. The summed E-state index contributed by atoms with van der Waals surface area (Å²) in [6, 6.07) is 1.96. The zero-order valence-electron chi connectivity index (χ0n) is 19.1. The Hall–Kier alpha value is -0.880. The predicted molar refractivity (Wildman–Crippen MR) is 107 cm³/mol. The third kappa shape index (κ3) is 4.87. The molecule has 2 saturated heterocycles. The minimum atomic E-state index is -4.85. The molecule has 4 nitrogen and oxygen atoms in total. The third-order valence-electron chi connectivity index (χ3n) is 8.24. The summed E-state index contributed by atoms with van der Waals surface area (Å²) in [6.07, 6.45) is -6.97. The lowest BCUT2D eigenvalue weighted by Gasteiger charge is -2.44. The standard InChI is InChI=1S/C23H30F6NO3.BrH/c1-21-16-3-4-19(21)20(33-14-32-8-7-31-2)13-30(21,6-5-16)12-15-9-17(22(24,25)26)11-18(10-15)23(27,28)29;/h9-11,16,19-20H,3-8,12-14H2,1-2H3;1H/q+1;/p-1/t16-,19+,20+,21+,30+;/m0./s1. The summed E-state index contributed by atoms with van der Waals surface area (Å²) in [7, 11) is 1.57. The van der Waals surface area contributed by atoms with E-state index in [1.54, 1.807) is 7.11 Å². The van der Waals surface area contributed by atoms with Gasteiger partial charge in [-0.25, -0.2) is 0 Å². The van der Waals surface area contributed by atoms with Gasteiger partial charge in [-0.2, -0.15) is 26.3 Å². The van der Waals surface area contributed by atoms with Crippen LogP contribution in [0.1, 0.15) is 42.9 Å². The van der Waals surface area contributed by atoms with Gasteiger partial charge < -0.3 is 35.7 Å². The highest BCUT2D eigenvalue weighted by Crippen LogP contribution is 2.61. The molecule has 0 spiro atoms. The Bertz CT molecular complexity index is 834. The number of quaternary nitrogens is 1. The Labute approximate surface area is 205 Å². The topological polar surface area (TPSA) is 27.7 Å². The highest BCUT2D eigenvalue weighted by Gasteiger charge is 2.71. The summed E-state index contributed by atoms with van der Waals surface area (Å²) in [5.41, 5.74) is -2.67. The van der Waals surface area contributed by atoms with Gasteiger partial charge in [-0.3, -0.25) is 0 Å². The number of nitrogens with zero attached hydrogens (tertiary/aromatic N) is 1. The molecule has 0 amide bonds. The molecule has 1 aliphatic carbocycles. The van der Waals surface area contributed by atoms with E-state index in [9.17, 15) is 26.3 Å². The fourth-order valence-corrected chi connectivity index (χ4v) is 6.69. The molecule has 0 unspecified atom stereocenters. The summed E-state index contributed by atoms with van der Waals surface area (Å²) in [5, 5.41) is 0. The molecule has 0 aromatic heterocycles. The number of hydrogen-bond donors (Lipinski definition) is 0. The summed E-state index contributed by atoms with van der Waals surface area (Å²) >= 11 is 0. The van der Waals surface area contributed by atoms with Crippen LogP contribution >= 0.6 is 0 Å². The van der Waals surface area contributed by atoms with E-state index in [1.165, 1.54) is 0 Å². The van der Waals surface area contributed by atoms with Crippen molar-refractivity contribution in [2.45, 2.75) is 56.7 Å². The van der Waals surface area contributed by atoms with Crippen LogP contribution in [0.4, 0.5) is 26.3 Å². The second kappa shape index (κ2) is 9.88. The number of ether oxygens (including phenoxy) is 3. The fraction of sp³-hybridized carbons (Fsp3) is 0.739. The lowest BCUT2D eigenvalue weighted by atomic mass is 9.83. The van der Waals surface area contributed by atoms with E-state index >= 15 is 0 Å². The van der Waals surface area contributed by atoms with Crippen molar-refractivity contribution in [3.63, 3.8) is 0 Å². The molecule has 34 heavy (non-hydrogen) atoms. The molecule has 0 radical (unpaired) electrons. The highest BCUT2D eigenvalue weighted by atomic mass is 79.9. The molecule has 5 atom stereocenters. The van der Waals surface area contributed by atoms with Gasteiger partial charge in [-0.1, -0.05) is 0 Å². The van der Waals surface area contributed by atoms with Crippen LogP contribution in [-0.2, 0) is 33.1 Å². The first-order valence-corrected chi connectivity index (χ1v) is 11.2. The molecular formula is C23H30BrF6NO3. The molecule has 1 saturated carbocycles. The van der Waals surface area contributed by atoms with Crippen LogP contribution in [0.2, 0.25) is 0 Å². The number of methoxy groups -OCH3 is 1. The highest BCUT2D eigenvalue weighted by molar-refractivity contribution is 5.33. The Morgan fingerprint density at radius 2 is 1.62 bits per heavy atom. The van der Waals surface area contributed by atoms with Crippen LogP contribution in [0.25, 0.3) is 0 Å². The first-order chi connectivity index (χ1) is 15.4. The van der Waals surface area contributed by atoms with Crippen molar-refractivity contribution in [3.8, 4) is 0 Å². The molecule has 3 fully saturated rings. The number of benzene rings is 1. The Balaban J connectivity index is 0.00000324. The van der Waals surface area contributed by atoms with Crippen LogP contribution < -0.4 is 17.0 Å². The molecular weight excluding hydrogens is 532 g/mol. The summed E-state index contributed by atoms with van der Waals surface area (Å²) in [5.74, 6) is 0.585. The average Bonchev–Trinajstić information content (AvgIpc) is 3.29. The van der Waals surface area contributed by atoms with E-state index in [-0.39, 0.29) is 59.5 Å². The molecule has 2 aliphatic heterocycles. The molecule has 194 valence electrons. The van der Waals surface area contributed by atoms with Gasteiger partial charge in [0.25, 0.3) is 0 Å². The van der Waals surface area contributed by atoms with Crippen LogP contribution in [0.3, 0.4) is 0 Å². The van der Waals surface area contributed by atoms with Crippen molar-refractivity contribution >= 4 is 0 Å². The van der Waals surface area contributed by atoms with E-state index in [1.807, 2.05) is 0 Å². The molecule has 0 bridgehead atoms. The maximum Gasteiger partial charge on any atom is 0.416 e. The molecule has 11 heteroatoms. The lowest BCUT2D eigenvalue weighted by Crippen LogP contribution is -3.00. The monoisotopic (exact) mass is 561 g/mol. The van der Waals surface area contributed by atoms with Crippen LogP contribution in [0.15, 0.2) is 18.2 Å². The van der Waals surface area contributed by atoms with Gasteiger partial charge in [0, 0.05) is 30.9 Å². The van der Waals surface area contributed by atoms with Crippen LogP contribution in [-0.4, -0.2) is 56.3 Å². The second-order valence-electron chi connectivity index (χ2n) is 9.74. The quantitative estimate of drug-likeness (QED) is 0.211. The van der Waals surface area contributed by atoms with Crippen molar-refractivity contribution < 1.29 is 62.0 Å². The molecule has 3 aliphatic rings. The zero-order valence-corrected chi connectivity index (χ0v) is 20.7. The summed E-state index contributed by atoms with van der Waals surface area (Å²) in [4.78, 5) is 0. The number of rotatable bonds is 8. The van der Waals surface area contributed by atoms with Crippen LogP contribution in [0.5, 0.6) is 0 Å². The average molecular weight is 562 g/mol. The minimum Gasteiger partial charge on any atom is -1.00 e. The zero-order chi connectivity index (χ0) is 24.1. The van der Waals surface area contributed by atoms with E-state index < -0.39 is 23.5 Å². The largest absolute Gasteiger partial charge is 1.00 e. The minimum absolute atomic E-state index is 0. The number of alkyl halides is 6. The Morgan fingerprint density at radius 1 is 0.971 bits per heavy atom. The SMILES string of the molecule is COCCOCO[C@@H]1C[N@+]2(Cc3cc(C(F)(F)F)cc(C(F)(F)F)c3)CC[C@@H]3CC[C@H]1[C@@]32C.[Br-]. The molecule has 4 rings (SSSR count). The summed E-state index contributed by atoms with van der Waals surface area (Å²) < 4.78 is 97.3. The van der Waals surface area contributed by atoms with Gasteiger partial charge in [-0.05, 0) is 38.0 Å². The summed E-state index contributed by atoms with van der Waals surface area (Å²) in [6.45, 7) is 4.47. The van der Waals surface area contributed by atoms with Crippen molar-refractivity contribution in [2.24, 2.45) is 11.8 Å². The Morgan fingerprint density at radius 3 is 2.21 bits per heavy atom. The van der Waals surface area contributed by atoms with E-state index in [0.717, 1.165) is 37.9 Å². The third-order valence-corrected chi connectivity index (χ3v) is 8.24. The van der Waals surface area contributed by atoms with Gasteiger partial charge >= 0.3 is 12.4 Å². The van der Waals surface area contributed by atoms with Gasteiger partial charge in [0.2, 0.25) is 0 Å². The number of halogens is 7. The fourth-order valence-electron chi connectivity index (χ4n) is 6.69. The first kappa shape index (κ1) is 27.7. The van der Waals surface area contributed by atoms with E-state index in [0.29, 0.717) is 30.2 Å². The van der Waals surface area contributed by atoms with Crippen LogP contribution in [0, 0.1) is 11.8 Å². The molecule has 1 aromatic rings. The van der Waals surface area contributed by atoms with Gasteiger partial charge in [0.05, 0.1) is 30.9 Å². The van der Waals surface area contributed by atoms with E-state index in [2.05, 4.69) is 6.92 Å².